The molecule has 0 heterocycles. The molecule has 0 aliphatic carbocycles. The monoisotopic (exact) mass is 285 g/mol. The number of hydrogen-bond acceptors (Lipinski definition) is 4. The van der Waals surface area contributed by atoms with Gasteiger partial charge in [0, 0.05) is 30.9 Å². The molecule has 0 radical (unpaired) electrons. The number of ether oxygens (including phenoxy) is 1. The Morgan fingerprint density at radius 1 is 1.24 bits per heavy atom. The van der Waals surface area contributed by atoms with Crippen molar-refractivity contribution in [3.63, 3.8) is 0 Å². The Balaban J connectivity index is 2.11. The minimum absolute atomic E-state index is 0.133. The number of anilines is 3. The third-order valence-electron chi connectivity index (χ3n) is 3.05. The molecule has 0 atom stereocenters. The molecule has 110 valence electrons. The smallest absolute Gasteiger partial charge is 0.221 e. The number of nitrogens with one attached hydrogen (secondary N) is 2. The zero-order chi connectivity index (χ0) is 15.2. The van der Waals surface area contributed by atoms with Crippen LogP contribution in [0, 0.1) is 0 Å². The Bertz CT molecular complexity index is 641. The van der Waals surface area contributed by atoms with E-state index >= 15 is 0 Å². The fourth-order valence-corrected chi connectivity index (χ4v) is 1.99. The molecule has 21 heavy (non-hydrogen) atoms. The number of para-hydroxylation sites is 1. The van der Waals surface area contributed by atoms with Crippen LogP contribution in [0.1, 0.15) is 12.5 Å². The summed E-state index contributed by atoms with van der Waals surface area (Å²) in [6, 6.07) is 13.2. The van der Waals surface area contributed by atoms with Crippen LogP contribution in [0.2, 0.25) is 0 Å². The molecule has 5 heteroatoms. The average Bonchev–Trinajstić information content (AvgIpc) is 2.47. The van der Waals surface area contributed by atoms with Gasteiger partial charge in [-0.05, 0) is 23.8 Å². The quantitative estimate of drug-likeness (QED) is 0.738. The predicted molar refractivity (Wildman–Crippen MR) is 85.5 cm³/mol. The highest BCUT2D eigenvalue weighted by Gasteiger charge is 2.06. The van der Waals surface area contributed by atoms with Crippen molar-refractivity contribution in [3.8, 4) is 5.75 Å². The maximum Gasteiger partial charge on any atom is 0.221 e. The number of hydrogen-bond donors (Lipinski definition) is 3. The molecule has 1 amide bonds. The molecule has 0 bridgehead atoms. The first kappa shape index (κ1) is 14.7. The highest BCUT2D eigenvalue weighted by Crippen LogP contribution is 2.28. The van der Waals surface area contributed by atoms with Gasteiger partial charge in [0.1, 0.15) is 5.75 Å². The van der Waals surface area contributed by atoms with E-state index in [0.717, 1.165) is 16.9 Å². The summed E-state index contributed by atoms with van der Waals surface area (Å²) in [6.07, 6.45) is 0. The van der Waals surface area contributed by atoms with E-state index in [9.17, 15) is 4.79 Å². The number of nitrogens with two attached hydrogens (primary N) is 1. The van der Waals surface area contributed by atoms with Crippen LogP contribution in [0.5, 0.6) is 5.75 Å². The van der Waals surface area contributed by atoms with Crippen molar-refractivity contribution in [2.75, 3.05) is 23.5 Å². The van der Waals surface area contributed by atoms with Gasteiger partial charge in [0.05, 0.1) is 12.8 Å². The molecule has 0 saturated carbocycles. The zero-order valence-corrected chi connectivity index (χ0v) is 12.1. The largest absolute Gasteiger partial charge is 0.494 e. The highest BCUT2D eigenvalue weighted by molar-refractivity contribution is 5.90. The second-order valence-electron chi connectivity index (χ2n) is 4.65. The Labute approximate surface area is 124 Å². The standard InChI is InChI=1S/C16H19N3O2/c1-11(20)19-15-8-7-13(9-16(15)21-2)18-10-12-5-3-4-6-14(12)17/h3-9,18H,10,17H2,1-2H3,(H,19,20). The maximum atomic E-state index is 11.1. The zero-order valence-electron chi connectivity index (χ0n) is 12.1. The minimum atomic E-state index is -0.133. The Morgan fingerprint density at radius 2 is 2.00 bits per heavy atom. The van der Waals surface area contributed by atoms with Crippen LogP contribution >= 0.6 is 0 Å². The number of carbonyl (C=O) groups excluding carboxylic acids is 1. The van der Waals surface area contributed by atoms with E-state index < -0.39 is 0 Å². The molecule has 0 spiro atoms. The minimum Gasteiger partial charge on any atom is -0.494 e. The van der Waals surface area contributed by atoms with Gasteiger partial charge in [0.15, 0.2) is 0 Å². The normalized spacial score (nSPS) is 10.0. The number of nitrogen functional groups attached to an aromatic ring is 1. The molecule has 0 aliphatic heterocycles. The van der Waals surface area contributed by atoms with E-state index in [2.05, 4.69) is 10.6 Å². The van der Waals surface area contributed by atoms with Crippen molar-refractivity contribution in [1.82, 2.24) is 0 Å². The van der Waals surface area contributed by atoms with E-state index in [1.807, 2.05) is 36.4 Å². The molecule has 4 N–H and O–H groups in total. The van der Waals surface area contributed by atoms with Gasteiger partial charge in [0.2, 0.25) is 5.91 Å². The molecule has 2 aromatic rings. The maximum absolute atomic E-state index is 11.1. The van der Waals surface area contributed by atoms with Crippen molar-refractivity contribution in [2.45, 2.75) is 13.5 Å². The van der Waals surface area contributed by atoms with Gasteiger partial charge in [-0.1, -0.05) is 18.2 Å². The lowest BCUT2D eigenvalue weighted by Crippen LogP contribution is -2.08. The summed E-state index contributed by atoms with van der Waals surface area (Å²) in [7, 11) is 1.57. The Morgan fingerprint density at radius 3 is 2.67 bits per heavy atom. The average molecular weight is 285 g/mol. The van der Waals surface area contributed by atoms with Gasteiger partial charge >= 0.3 is 0 Å². The summed E-state index contributed by atoms with van der Waals surface area (Å²) in [5, 5.41) is 6.01. The van der Waals surface area contributed by atoms with Crippen molar-refractivity contribution in [1.29, 1.82) is 0 Å². The molecule has 5 nitrogen and oxygen atoms in total. The predicted octanol–water partition coefficient (Wildman–Crippen LogP) is 2.85. The van der Waals surface area contributed by atoms with E-state index in [0.29, 0.717) is 18.0 Å². The van der Waals surface area contributed by atoms with Crippen LogP contribution in [-0.4, -0.2) is 13.0 Å². The second-order valence-corrected chi connectivity index (χ2v) is 4.65. The van der Waals surface area contributed by atoms with Crippen molar-refractivity contribution >= 4 is 23.0 Å². The third-order valence-corrected chi connectivity index (χ3v) is 3.05. The van der Waals surface area contributed by atoms with Crippen LogP contribution in [0.25, 0.3) is 0 Å². The summed E-state index contributed by atoms with van der Waals surface area (Å²) in [5.41, 5.74) is 9.23. The van der Waals surface area contributed by atoms with Gasteiger partial charge in [-0.2, -0.15) is 0 Å². The lowest BCUT2D eigenvalue weighted by molar-refractivity contribution is -0.114. The van der Waals surface area contributed by atoms with Gasteiger partial charge in [0.25, 0.3) is 0 Å². The summed E-state index contributed by atoms with van der Waals surface area (Å²) in [6.45, 7) is 2.08. The lowest BCUT2D eigenvalue weighted by atomic mass is 10.1. The summed E-state index contributed by atoms with van der Waals surface area (Å²) >= 11 is 0. The number of benzene rings is 2. The molecule has 0 saturated heterocycles. The van der Waals surface area contributed by atoms with Gasteiger partial charge in [-0.3, -0.25) is 4.79 Å². The fraction of sp³-hybridized carbons (Fsp3) is 0.188. The lowest BCUT2D eigenvalue weighted by Gasteiger charge is -2.13. The summed E-state index contributed by atoms with van der Waals surface area (Å²) in [4.78, 5) is 11.1. The van der Waals surface area contributed by atoms with Gasteiger partial charge in [-0.15, -0.1) is 0 Å². The number of methoxy groups -OCH3 is 1. The first-order valence-electron chi connectivity index (χ1n) is 6.63. The Hall–Kier alpha value is -2.69. The van der Waals surface area contributed by atoms with Crippen LogP contribution in [0.4, 0.5) is 17.1 Å². The molecule has 0 fully saturated rings. The van der Waals surface area contributed by atoms with Crippen molar-refractivity contribution < 1.29 is 9.53 Å². The van der Waals surface area contributed by atoms with Crippen LogP contribution in [0.3, 0.4) is 0 Å². The topological polar surface area (TPSA) is 76.4 Å². The third kappa shape index (κ3) is 3.89. The van der Waals surface area contributed by atoms with E-state index in [-0.39, 0.29) is 5.91 Å². The molecular formula is C16H19N3O2. The van der Waals surface area contributed by atoms with E-state index in [1.54, 1.807) is 13.2 Å². The van der Waals surface area contributed by atoms with Gasteiger partial charge in [-0.25, -0.2) is 0 Å². The summed E-state index contributed by atoms with van der Waals surface area (Å²) in [5.74, 6) is 0.474. The molecular weight excluding hydrogens is 266 g/mol. The SMILES string of the molecule is COc1cc(NCc2ccccc2N)ccc1NC(C)=O. The Kier molecular flexibility index (Phi) is 4.66. The molecule has 0 unspecified atom stereocenters. The van der Waals surface area contributed by atoms with E-state index in [4.69, 9.17) is 10.5 Å². The first-order valence-corrected chi connectivity index (χ1v) is 6.63. The van der Waals surface area contributed by atoms with Crippen LogP contribution < -0.4 is 21.1 Å². The van der Waals surface area contributed by atoms with Crippen molar-refractivity contribution in [2.24, 2.45) is 0 Å². The molecule has 2 rings (SSSR count). The van der Waals surface area contributed by atoms with Gasteiger partial charge < -0.3 is 21.1 Å². The van der Waals surface area contributed by atoms with Crippen LogP contribution in [0.15, 0.2) is 42.5 Å². The summed E-state index contributed by atoms with van der Waals surface area (Å²) < 4.78 is 5.28. The number of rotatable bonds is 5. The number of carbonyl (C=O) groups is 1. The fourth-order valence-electron chi connectivity index (χ4n) is 1.99. The first-order chi connectivity index (χ1) is 10.1. The molecule has 0 aromatic heterocycles. The highest BCUT2D eigenvalue weighted by atomic mass is 16.5. The van der Waals surface area contributed by atoms with Crippen LogP contribution in [-0.2, 0) is 11.3 Å². The molecule has 2 aromatic carbocycles. The van der Waals surface area contributed by atoms with Crippen molar-refractivity contribution in [3.05, 3.63) is 48.0 Å². The number of amides is 1. The molecule has 0 aliphatic rings. The second kappa shape index (κ2) is 6.65. The van der Waals surface area contributed by atoms with E-state index in [1.165, 1.54) is 6.92 Å².